The Balaban J connectivity index is 1.80. The SMILES string of the molecule is NCC1(CCOc2ccc(Br)cc2)CCCS1. The first-order valence-corrected chi connectivity index (χ1v) is 7.74. The highest BCUT2D eigenvalue weighted by atomic mass is 79.9. The highest BCUT2D eigenvalue weighted by molar-refractivity contribution is 9.10. The van der Waals surface area contributed by atoms with Crippen LogP contribution in [0.5, 0.6) is 5.75 Å². The zero-order valence-corrected chi connectivity index (χ0v) is 12.2. The van der Waals surface area contributed by atoms with Gasteiger partial charge in [0.25, 0.3) is 0 Å². The summed E-state index contributed by atoms with van der Waals surface area (Å²) < 4.78 is 7.11. The lowest BCUT2D eigenvalue weighted by Crippen LogP contribution is -2.33. The molecule has 1 aromatic carbocycles. The average Bonchev–Trinajstić information content (AvgIpc) is 2.81. The van der Waals surface area contributed by atoms with E-state index in [9.17, 15) is 0 Å². The number of halogens is 1. The molecule has 1 aromatic rings. The number of nitrogens with two attached hydrogens (primary N) is 1. The molecule has 0 radical (unpaired) electrons. The molecule has 1 unspecified atom stereocenters. The van der Waals surface area contributed by atoms with Gasteiger partial charge < -0.3 is 10.5 Å². The summed E-state index contributed by atoms with van der Waals surface area (Å²) in [4.78, 5) is 0. The van der Waals surface area contributed by atoms with E-state index < -0.39 is 0 Å². The monoisotopic (exact) mass is 315 g/mol. The van der Waals surface area contributed by atoms with Gasteiger partial charge in [0.15, 0.2) is 0 Å². The van der Waals surface area contributed by atoms with Crippen LogP contribution in [0.15, 0.2) is 28.7 Å². The fraction of sp³-hybridized carbons (Fsp3) is 0.538. The average molecular weight is 316 g/mol. The van der Waals surface area contributed by atoms with Crippen LogP contribution in [0.4, 0.5) is 0 Å². The molecule has 17 heavy (non-hydrogen) atoms. The maximum absolute atomic E-state index is 5.89. The topological polar surface area (TPSA) is 35.2 Å². The second kappa shape index (κ2) is 6.12. The first kappa shape index (κ1) is 13.2. The van der Waals surface area contributed by atoms with Gasteiger partial charge in [-0.1, -0.05) is 15.9 Å². The Kier molecular flexibility index (Phi) is 4.77. The quantitative estimate of drug-likeness (QED) is 0.904. The summed E-state index contributed by atoms with van der Waals surface area (Å²) in [6.07, 6.45) is 3.57. The fourth-order valence-electron chi connectivity index (χ4n) is 2.10. The van der Waals surface area contributed by atoms with Crippen LogP contribution < -0.4 is 10.5 Å². The molecule has 2 N–H and O–H groups in total. The Morgan fingerprint density at radius 2 is 2.12 bits per heavy atom. The summed E-state index contributed by atoms with van der Waals surface area (Å²) in [7, 11) is 0. The van der Waals surface area contributed by atoms with Crippen molar-refractivity contribution in [2.75, 3.05) is 18.9 Å². The van der Waals surface area contributed by atoms with Crippen molar-refractivity contribution in [1.82, 2.24) is 0 Å². The highest BCUT2D eigenvalue weighted by Gasteiger charge is 2.32. The maximum atomic E-state index is 5.89. The van der Waals surface area contributed by atoms with E-state index in [2.05, 4.69) is 15.9 Å². The van der Waals surface area contributed by atoms with Crippen molar-refractivity contribution in [3.8, 4) is 5.75 Å². The zero-order valence-electron chi connectivity index (χ0n) is 9.82. The number of thioether (sulfide) groups is 1. The summed E-state index contributed by atoms with van der Waals surface area (Å²) >= 11 is 5.43. The number of ether oxygens (including phenoxy) is 1. The van der Waals surface area contributed by atoms with Crippen molar-refractivity contribution in [2.45, 2.75) is 24.0 Å². The minimum atomic E-state index is 0.273. The van der Waals surface area contributed by atoms with Crippen molar-refractivity contribution >= 4 is 27.7 Å². The molecule has 0 aromatic heterocycles. The third-order valence-corrected chi connectivity index (χ3v) is 5.41. The first-order valence-electron chi connectivity index (χ1n) is 5.96. The summed E-state index contributed by atoms with van der Waals surface area (Å²) in [6, 6.07) is 7.97. The van der Waals surface area contributed by atoms with Crippen LogP contribution in [-0.4, -0.2) is 23.7 Å². The van der Waals surface area contributed by atoms with Gasteiger partial charge in [-0.05, 0) is 49.3 Å². The highest BCUT2D eigenvalue weighted by Crippen LogP contribution is 2.40. The second-order valence-electron chi connectivity index (χ2n) is 4.39. The number of hydrogen-bond acceptors (Lipinski definition) is 3. The molecule has 2 rings (SSSR count). The van der Waals surface area contributed by atoms with Crippen molar-refractivity contribution < 1.29 is 4.74 Å². The number of rotatable bonds is 5. The Morgan fingerprint density at radius 1 is 1.35 bits per heavy atom. The lowest BCUT2D eigenvalue weighted by molar-refractivity contribution is 0.288. The Hall–Kier alpha value is -0.190. The van der Waals surface area contributed by atoms with Gasteiger partial charge in [-0.15, -0.1) is 0 Å². The molecule has 1 aliphatic rings. The minimum Gasteiger partial charge on any atom is -0.494 e. The number of benzene rings is 1. The third kappa shape index (κ3) is 3.63. The normalized spacial score (nSPS) is 23.9. The third-order valence-electron chi connectivity index (χ3n) is 3.20. The fourth-order valence-corrected chi connectivity index (χ4v) is 3.72. The second-order valence-corrected chi connectivity index (χ2v) is 6.87. The van der Waals surface area contributed by atoms with Crippen LogP contribution in [0.1, 0.15) is 19.3 Å². The van der Waals surface area contributed by atoms with E-state index in [1.165, 1.54) is 18.6 Å². The van der Waals surface area contributed by atoms with Gasteiger partial charge in [-0.25, -0.2) is 0 Å². The molecule has 1 fully saturated rings. The van der Waals surface area contributed by atoms with Crippen LogP contribution in [0.3, 0.4) is 0 Å². The molecule has 0 spiro atoms. The van der Waals surface area contributed by atoms with E-state index in [1.54, 1.807) is 0 Å². The summed E-state index contributed by atoms with van der Waals surface area (Å²) in [5.41, 5.74) is 5.89. The number of hydrogen-bond donors (Lipinski definition) is 1. The largest absolute Gasteiger partial charge is 0.494 e. The van der Waals surface area contributed by atoms with E-state index in [0.717, 1.165) is 29.8 Å². The van der Waals surface area contributed by atoms with E-state index in [1.807, 2.05) is 36.0 Å². The van der Waals surface area contributed by atoms with Crippen molar-refractivity contribution in [2.24, 2.45) is 5.73 Å². The van der Waals surface area contributed by atoms with E-state index in [0.29, 0.717) is 0 Å². The van der Waals surface area contributed by atoms with Gasteiger partial charge in [-0.3, -0.25) is 0 Å². The first-order chi connectivity index (χ1) is 8.24. The summed E-state index contributed by atoms with van der Waals surface area (Å²) in [5.74, 6) is 2.18. The summed E-state index contributed by atoms with van der Waals surface area (Å²) in [5, 5.41) is 0. The lowest BCUT2D eigenvalue weighted by Gasteiger charge is -2.26. The predicted octanol–water partition coefficient (Wildman–Crippen LogP) is 3.44. The van der Waals surface area contributed by atoms with Gasteiger partial charge in [0.2, 0.25) is 0 Å². The van der Waals surface area contributed by atoms with Gasteiger partial charge in [0.1, 0.15) is 5.75 Å². The van der Waals surface area contributed by atoms with Crippen molar-refractivity contribution in [3.05, 3.63) is 28.7 Å². The Bertz CT molecular complexity index is 349. The smallest absolute Gasteiger partial charge is 0.119 e. The lowest BCUT2D eigenvalue weighted by atomic mass is 10.00. The Labute approximate surface area is 115 Å². The van der Waals surface area contributed by atoms with E-state index in [4.69, 9.17) is 10.5 Å². The summed E-state index contributed by atoms with van der Waals surface area (Å²) in [6.45, 7) is 1.52. The molecule has 1 atom stereocenters. The predicted molar refractivity (Wildman–Crippen MR) is 77.7 cm³/mol. The molecule has 1 aliphatic heterocycles. The molecule has 2 nitrogen and oxygen atoms in total. The zero-order chi connectivity index (χ0) is 12.1. The van der Waals surface area contributed by atoms with Crippen LogP contribution in [-0.2, 0) is 0 Å². The van der Waals surface area contributed by atoms with Gasteiger partial charge >= 0.3 is 0 Å². The van der Waals surface area contributed by atoms with Crippen LogP contribution in [0, 0.1) is 0 Å². The van der Waals surface area contributed by atoms with Gasteiger partial charge in [0.05, 0.1) is 6.61 Å². The minimum absolute atomic E-state index is 0.273. The van der Waals surface area contributed by atoms with Crippen molar-refractivity contribution in [3.63, 3.8) is 0 Å². The Morgan fingerprint density at radius 3 is 2.71 bits per heavy atom. The molecule has 4 heteroatoms. The maximum Gasteiger partial charge on any atom is 0.119 e. The van der Waals surface area contributed by atoms with E-state index in [-0.39, 0.29) is 4.75 Å². The molecule has 1 saturated heterocycles. The van der Waals surface area contributed by atoms with Gasteiger partial charge in [0, 0.05) is 15.8 Å². The molecular weight excluding hydrogens is 298 g/mol. The van der Waals surface area contributed by atoms with E-state index >= 15 is 0 Å². The van der Waals surface area contributed by atoms with Crippen molar-refractivity contribution in [1.29, 1.82) is 0 Å². The molecule has 0 aliphatic carbocycles. The standard InChI is InChI=1S/C13H18BrNOS/c14-11-2-4-12(5-3-11)16-8-7-13(10-15)6-1-9-17-13/h2-5H,1,6-10,15H2. The van der Waals surface area contributed by atoms with Crippen LogP contribution in [0.25, 0.3) is 0 Å². The van der Waals surface area contributed by atoms with Crippen LogP contribution in [0.2, 0.25) is 0 Å². The molecular formula is C13H18BrNOS. The molecule has 0 saturated carbocycles. The van der Waals surface area contributed by atoms with Gasteiger partial charge in [-0.2, -0.15) is 11.8 Å². The molecule has 1 heterocycles. The molecule has 94 valence electrons. The molecule has 0 bridgehead atoms. The molecule has 0 amide bonds. The van der Waals surface area contributed by atoms with Crippen LogP contribution >= 0.6 is 27.7 Å².